The molecule has 0 aromatic heterocycles. The molecule has 0 spiro atoms. The van der Waals surface area contributed by atoms with Crippen molar-refractivity contribution in [2.45, 2.75) is 12.5 Å². The molecular formula is C11H23N3+2. The maximum Gasteiger partial charge on any atom is 0.129 e. The lowest BCUT2D eigenvalue weighted by Gasteiger charge is -2.56. The Morgan fingerprint density at radius 2 is 1.64 bits per heavy atom. The molecule has 1 unspecified atom stereocenters. The van der Waals surface area contributed by atoms with Crippen LogP contribution in [0.2, 0.25) is 0 Å². The largest absolute Gasteiger partial charge is 0.312 e. The second-order valence-corrected chi connectivity index (χ2v) is 5.83. The molecule has 1 atom stereocenters. The van der Waals surface area contributed by atoms with Gasteiger partial charge in [-0.3, -0.25) is 0 Å². The zero-order chi connectivity index (χ0) is 9.65. The van der Waals surface area contributed by atoms with Crippen LogP contribution in [0.4, 0.5) is 0 Å². The molecule has 0 saturated carbocycles. The fraction of sp³-hybridized carbons (Fsp3) is 1.00. The Kier molecular flexibility index (Phi) is 1.92. The molecule has 2 bridgehead atoms. The quantitative estimate of drug-likeness (QED) is 0.566. The van der Waals surface area contributed by atoms with Crippen LogP contribution in [-0.4, -0.2) is 74.4 Å². The van der Waals surface area contributed by atoms with Crippen molar-refractivity contribution in [1.29, 1.82) is 0 Å². The average molecular weight is 197 g/mol. The smallest absolute Gasteiger partial charge is 0.129 e. The lowest BCUT2D eigenvalue weighted by Crippen LogP contribution is -2.76. The second kappa shape index (κ2) is 2.94. The molecule has 80 valence electrons. The van der Waals surface area contributed by atoms with Crippen molar-refractivity contribution < 1.29 is 8.97 Å². The van der Waals surface area contributed by atoms with Gasteiger partial charge in [-0.2, -0.15) is 0 Å². The number of hydrogen-bond acceptors (Lipinski definition) is 1. The van der Waals surface area contributed by atoms with Gasteiger partial charge in [-0.15, -0.1) is 0 Å². The van der Waals surface area contributed by atoms with Crippen molar-refractivity contribution in [2.24, 2.45) is 0 Å². The topological polar surface area (TPSA) is 12.0 Å². The molecule has 0 amide bonds. The molecule has 4 aliphatic rings. The Balaban J connectivity index is 1.78. The molecule has 0 aromatic carbocycles. The van der Waals surface area contributed by atoms with Crippen molar-refractivity contribution in [3.63, 3.8) is 0 Å². The second-order valence-electron chi connectivity index (χ2n) is 5.83. The summed E-state index contributed by atoms with van der Waals surface area (Å²) in [4.78, 5) is 0. The van der Waals surface area contributed by atoms with Crippen molar-refractivity contribution in [3.8, 4) is 0 Å². The Hall–Kier alpha value is -0.120. The fourth-order valence-corrected chi connectivity index (χ4v) is 3.65. The lowest BCUT2D eigenvalue weighted by atomic mass is 10.0. The van der Waals surface area contributed by atoms with E-state index in [1.54, 1.807) is 0 Å². The van der Waals surface area contributed by atoms with Crippen LogP contribution in [0.5, 0.6) is 0 Å². The van der Waals surface area contributed by atoms with Crippen LogP contribution >= 0.6 is 0 Å². The summed E-state index contributed by atoms with van der Waals surface area (Å²) in [6.07, 6.45) is 1.42. The van der Waals surface area contributed by atoms with Crippen LogP contribution in [0.15, 0.2) is 0 Å². The van der Waals surface area contributed by atoms with Crippen molar-refractivity contribution in [2.75, 3.05) is 59.4 Å². The zero-order valence-corrected chi connectivity index (χ0v) is 9.34. The number of piperazine rings is 3. The maximum atomic E-state index is 3.53. The van der Waals surface area contributed by atoms with Crippen LogP contribution in [0.3, 0.4) is 0 Å². The van der Waals surface area contributed by atoms with Crippen molar-refractivity contribution >= 4 is 0 Å². The highest BCUT2D eigenvalue weighted by molar-refractivity contribution is 4.76. The number of nitrogens with zero attached hydrogens (tertiary/aromatic N) is 2. The Morgan fingerprint density at radius 1 is 1.00 bits per heavy atom. The number of nitrogens with one attached hydrogen (secondary N) is 1. The molecule has 4 heterocycles. The van der Waals surface area contributed by atoms with E-state index in [1.165, 1.54) is 67.7 Å². The Labute approximate surface area is 86.9 Å². The Morgan fingerprint density at radius 3 is 2.14 bits per heavy atom. The first-order chi connectivity index (χ1) is 6.73. The normalized spacial score (nSPS) is 52.5. The third-order valence-corrected chi connectivity index (χ3v) is 5.06. The SMILES string of the molecule is C[N+]12CC[N+](C3CCNC3)(CC1)CC2. The van der Waals surface area contributed by atoms with Crippen LogP contribution < -0.4 is 5.32 Å². The highest BCUT2D eigenvalue weighted by Gasteiger charge is 2.50. The molecule has 3 heteroatoms. The van der Waals surface area contributed by atoms with Crippen molar-refractivity contribution in [3.05, 3.63) is 0 Å². The molecular weight excluding hydrogens is 174 g/mol. The third kappa shape index (κ3) is 1.23. The summed E-state index contributed by atoms with van der Waals surface area (Å²) < 4.78 is 2.82. The van der Waals surface area contributed by atoms with Crippen LogP contribution in [0, 0.1) is 0 Å². The summed E-state index contributed by atoms with van der Waals surface area (Å²) in [5.74, 6) is 0. The molecule has 3 nitrogen and oxygen atoms in total. The van der Waals surface area contributed by atoms with E-state index in [4.69, 9.17) is 0 Å². The highest BCUT2D eigenvalue weighted by atomic mass is 15.5. The standard InChI is InChI=1S/C11H23N3/c1-13-4-7-14(8-5-13,9-6-13)11-2-3-12-10-11/h11-12H,2-10H2,1H3/q+2. The van der Waals surface area contributed by atoms with E-state index < -0.39 is 0 Å². The third-order valence-electron chi connectivity index (χ3n) is 5.06. The van der Waals surface area contributed by atoms with Gasteiger partial charge in [0.15, 0.2) is 0 Å². The van der Waals surface area contributed by atoms with Crippen LogP contribution in [0.1, 0.15) is 6.42 Å². The van der Waals surface area contributed by atoms with Gasteiger partial charge in [-0.25, -0.2) is 0 Å². The first-order valence-corrected chi connectivity index (χ1v) is 6.13. The first-order valence-electron chi connectivity index (χ1n) is 6.13. The molecule has 0 radical (unpaired) electrons. The van der Waals surface area contributed by atoms with Gasteiger partial charge < -0.3 is 14.3 Å². The van der Waals surface area contributed by atoms with Gasteiger partial charge in [0, 0.05) is 19.5 Å². The summed E-state index contributed by atoms with van der Waals surface area (Å²) >= 11 is 0. The van der Waals surface area contributed by atoms with Gasteiger partial charge in [0.05, 0.1) is 7.05 Å². The number of hydrogen-bond donors (Lipinski definition) is 1. The zero-order valence-electron chi connectivity index (χ0n) is 9.34. The predicted octanol–water partition coefficient (Wildman–Crippen LogP) is -0.361. The Bertz CT molecular complexity index is 208. The van der Waals surface area contributed by atoms with Gasteiger partial charge >= 0.3 is 0 Å². The molecule has 4 saturated heterocycles. The maximum absolute atomic E-state index is 3.53. The number of likely N-dealkylation sites (N-methyl/N-ethyl adjacent to an activating group) is 1. The van der Waals surface area contributed by atoms with E-state index in [-0.39, 0.29) is 0 Å². The van der Waals surface area contributed by atoms with E-state index in [2.05, 4.69) is 12.4 Å². The summed E-state index contributed by atoms with van der Waals surface area (Å²) in [5.41, 5.74) is 0. The molecule has 4 fully saturated rings. The molecule has 0 aromatic rings. The minimum atomic E-state index is 0.948. The first kappa shape index (κ1) is 9.13. The van der Waals surface area contributed by atoms with Gasteiger partial charge in [-0.1, -0.05) is 0 Å². The van der Waals surface area contributed by atoms with Crippen molar-refractivity contribution in [1.82, 2.24) is 5.32 Å². The highest BCUT2D eigenvalue weighted by Crippen LogP contribution is 2.29. The molecule has 14 heavy (non-hydrogen) atoms. The molecule has 0 aliphatic carbocycles. The van der Waals surface area contributed by atoms with E-state index >= 15 is 0 Å². The fourth-order valence-electron chi connectivity index (χ4n) is 3.65. The number of rotatable bonds is 1. The van der Waals surface area contributed by atoms with Gasteiger partial charge in [-0.05, 0) is 0 Å². The number of quaternary nitrogens is 2. The predicted molar refractivity (Wildman–Crippen MR) is 56.9 cm³/mol. The van der Waals surface area contributed by atoms with E-state index in [0.29, 0.717) is 0 Å². The van der Waals surface area contributed by atoms with Crippen LogP contribution in [-0.2, 0) is 0 Å². The van der Waals surface area contributed by atoms with E-state index in [1.807, 2.05) is 0 Å². The van der Waals surface area contributed by atoms with E-state index in [9.17, 15) is 0 Å². The van der Waals surface area contributed by atoms with Crippen LogP contribution in [0.25, 0.3) is 0 Å². The average Bonchev–Trinajstić information content (AvgIpc) is 2.73. The minimum absolute atomic E-state index is 0.948. The summed E-state index contributed by atoms with van der Waals surface area (Å²) in [6, 6.07) is 0.948. The molecule has 1 N–H and O–H groups in total. The monoisotopic (exact) mass is 197 g/mol. The number of fused-ring (bicyclic) bond motifs is 3. The van der Waals surface area contributed by atoms with Gasteiger partial charge in [0.25, 0.3) is 0 Å². The minimum Gasteiger partial charge on any atom is -0.312 e. The summed E-state index contributed by atoms with van der Waals surface area (Å²) in [5, 5.41) is 3.53. The summed E-state index contributed by atoms with van der Waals surface area (Å²) in [6.45, 7) is 11.2. The molecule has 4 aliphatic heterocycles. The lowest BCUT2D eigenvalue weighted by molar-refractivity contribution is -1.08. The van der Waals surface area contributed by atoms with Gasteiger partial charge in [0.1, 0.15) is 45.3 Å². The molecule has 4 rings (SSSR count). The van der Waals surface area contributed by atoms with Gasteiger partial charge in [0.2, 0.25) is 0 Å². The summed E-state index contributed by atoms with van der Waals surface area (Å²) in [7, 11) is 2.44. The van der Waals surface area contributed by atoms with E-state index in [0.717, 1.165) is 6.04 Å².